The fourth-order valence-corrected chi connectivity index (χ4v) is 3.55. The lowest BCUT2D eigenvalue weighted by molar-refractivity contribution is -0.151. The first kappa shape index (κ1) is 19.1. The third kappa shape index (κ3) is 4.54. The summed E-state index contributed by atoms with van der Waals surface area (Å²) in [4.78, 5) is 37.6. The van der Waals surface area contributed by atoms with Gasteiger partial charge in [0, 0.05) is 36.7 Å². The molecule has 0 spiro atoms. The van der Waals surface area contributed by atoms with Crippen molar-refractivity contribution in [1.82, 2.24) is 4.90 Å². The van der Waals surface area contributed by atoms with Crippen molar-refractivity contribution in [3.8, 4) is 0 Å². The molecule has 144 valence electrons. The van der Waals surface area contributed by atoms with Crippen LogP contribution in [0.4, 0.5) is 5.69 Å². The quantitative estimate of drug-likeness (QED) is 0.641. The number of carbonyl (C=O) groups excluding carboxylic acids is 2. The van der Waals surface area contributed by atoms with Gasteiger partial charge in [-0.15, -0.1) is 0 Å². The molecule has 27 heavy (non-hydrogen) atoms. The van der Waals surface area contributed by atoms with Crippen molar-refractivity contribution >= 4 is 28.5 Å². The summed E-state index contributed by atoms with van der Waals surface area (Å²) in [5.41, 5.74) is 1.32. The van der Waals surface area contributed by atoms with Crippen LogP contribution in [-0.4, -0.2) is 36.0 Å². The van der Waals surface area contributed by atoms with Crippen LogP contribution in [0.25, 0.3) is 11.0 Å². The van der Waals surface area contributed by atoms with Crippen LogP contribution in [0.3, 0.4) is 0 Å². The Bertz CT molecular complexity index is 905. The highest BCUT2D eigenvalue weighted by atomic mass is 16.5. The van der Waals surface area contributed by atoms with Gasteiger partial charge in [0.2, 0.25) is 5.91 Å². The Kier molecular flexibility index (Phi) is 5.91. The van der Waals surface area contributed by atoms with Gasteiger partial charge in [-0.1, -0.05) is 6.42 Å². The highest BCUT2D eigenvalue weighted by Crippen LogP contribution is 2.26. The van der Waals surface area contributed by atoms with E-state index in [1.165, 1.54) is 13.0 Å². The zero-order chi connectivity index (χ0) is 19.4. The van der Waals surface area contributed by atoms with Crippen LogP contribution < -0.4 is 10.9 Å². The molecule has 2 aromatic rings. The third-order valence-electron chi connectivity index (χ3n) is 4.70. The number of piperidine rings is 1. The number of fused-ring (bicyclic) bond motifs is 1. The van der Waals surface area contributed by atoms with Gasteiger partial charge in [-0.25, -0.2) is 4.79 Å². The Labute approximate surface area is 157 Å². The second-order valence-corrected chi connectivity index (χ2v) is 6.72. The molecule has 7 heteroatoms. The molecule has 1 aliphatic heterocycles. The summed E-state index contributed by atoms with van der Waals surface area (Å²) in [6.07, 6.45) is 2.74. The molecule has 1 aliphatic rings. The summed E-state index contributed by atoms with van der Waals surface area (Å²) in [6, 6.07) is 6.41. The molecule has 1 N–H and O–H groups in total. The molecule has 3 rings (SSSR count). The molecule has 1 amide bonds. The Balaban J connectivity index is 1.92. The second kappa shape index (κ2) is 8.35. The third-order valence-corrected chi connectivity index (χ3v) is 4.70. The summed E-state index contributed by atoms with van der Waals surface area (Å²) in [7, 11) is 0. The average molecular weight is 372 g/mol. The van der Waals surface area contributed by atoms with Crippen molar-refractivity contribution < 1.29 is 18.7 Å². The Morgan fingerprint density at radius 1 is 1.30 bits per heavy atom. The van der Waals surface area contributed by atoms with Crippen molar-refractivity contribution in [1.29, 1.82) is 0 Å². The summed E-state index contributed by atoms with van der Waals surface area (Å²) in [5, 5.41) is 3.47. The van der Waals surface area contributed by atoms with Crippen molar-refractivity contribution in [2.75, 3.05) is 18.5 Å². The monoisotopic (exact) mass is 372 g/mol. The SMILES string of the molecule is CCOC(=O)C1CCCCN1Cc1cc(=O)oc2cc(NC(C)=O)ccc12. The van der Waals surface area contributed by atoms with Crippen molar-refractivity contribution in [2.45, 2.75) is 45.7 Å². The average Bonchev–Trinajstić information content (AvgIpc) is 2.61. The van der Waals surface area contributed by atoms with E-state index < -0.39 is 5.63 Å². The number of carbonyl (C=O) groups is 2. The van der Waals surface area contributed by atoms with Gasteiger partial charge in [0.15, 0.2) is 0 Å². The predicted octanol–water partition coefficient (Wildman–Crippen LogP) is 2.67. The van der Waals surface area contributed by atoms with Gasteiger partial charge in [-0.05, 0) is 44.0 Å². The summed E-state index contributed by atoms with van der Waals surface area (Å²) < 4.78 is 10.5. The fraction of sp³-hybridized carbons (Fsp3) is 0.450. The number of ether oxygens (including phenoxy) is 1. The lowest BCUT2D eigenvalue weighted by atomic mass is 10.0. The molecule has 1 aromatic carbocycles. The molecule has 0 bridgehead atoms. The molecule has 0 aliphatic carbocycles. The number of hydrogen-bond donors (Lipinski definition) is 1. The molecule has 1 atom stereocenters. The number of esters is 1. The molecule has 1 unspecified atom stereocenters. The van der Waals surface area contributed by atoms with E-state index in [2.05, 4.69) is 10.2 Å². The standard InChI is InChI=1S/C20H24N2O5/c1-3-26-20(25)17-6-4-5-9-22(17)12-14-10-19(24)27-18-11-15(21-13(2)23)7-8-16(14)18/h7-8,10-11,17H,3-6,9,12H2,1-2H3,(H,21,23). The van der Waals surface area contributed by atoms with E-state index >= 15 is 0 Å². The Hall–Kier alpha value is -2.67. The van der Waals surface area contributed by atoms with E-state index in [0.717, 1.165) is 36.8 Å². The molecule has 1 aromatic heterocycles. The molecule has 0 radical (unpaired) electrons. The lowest BCUT2D eigenvalue weighted by Gasteiger charge is -2.34. The Morgan fingerprint density at radius 2 is 2.11 bits per heavy atom. The lowest BCUT2D eigenvalue weighted by Crippen LogP contribution is -2.45. The van der Waals surface area contributed by atoms with E-state index in [4.69, 9.17) is 9.15 Å². The highest BCUT2D eigenvalue weighted by Gasteiger charge is 2.30. The fourth-order valence-electron chi connectivity index (χ4n) is 3.55. The smallest absolute Gasteiger partial charge is 0.336 e. The van der Waals surface area contributed by atoms with E-state index in [0.29, 0.717) is 24.4 Å². The minimum absolute atomic E-state index is 0.196. The van der Waals surface area contributed by atoms with Crippen LogP contribution in [-0.2, 0) is 20.9 Å². The number of amides is 1. The first-order valence-corrected chi connectivity index (χ1v) is 9.23. The summed E-state index contributed by atoms with van der Waals surface area (Å²) in [5.74, 6) is -0.407. The minimum Gasteiger partial charge on any atom is -0.465 e. The number of likely N-dealkylation sites (tertiary alicyclic amines) is 1. The minimum atomic E-state index is -0.456. The zero-order valence-electron chi connectivity index (χ0n) is 15.6. The maximum Gasteiger partial charge on any atom is 0.336 e. The van der Waals surface area contributed by atoms with Gasteiger partial charge in [-0.3, -0.25) is 14.5 Å². The zero-order valence-corrected chi connectivity index (χ0v) is 15.6. The van der Waals surface area contributed by atoms with Gasteiger partial charge in [0.25, 0.3) is 0 Å². The van der Waals surface area contributed by atoms with Crippen LogP contribution in [0, 0.1) is 0 Å². The number of anilines is 1. The van der Waals surface area contributed by atoms with Crippen molar-refractivity contribution in [3.05, 3.63) is 40.2 Å². The van der Waals surface area contributed by atoms with Crippen molar-refractivity contribution in [2.24, 2.45) is 0 Å². The molecule has 7 nitrogen and oxygen atoms in total. The first-order chi connectivity index (χ1) is 13.0. The van der Waals surface area contributed by atoms with Gasteiger partial charge < -0.3 is 14.5 Å². The van der Waals surface area contributed by atoms with Gasteiger partial charge in [0.1, 0.15) is 11.6 Å². The molecule has 2 heterocycles. The molecule has 1 fully saturated rings. The summed E-state index contributed by atoms with van der Waals surface area (Å²) >= 11 is 0. The molecule has 1 saturated heterocycles. The number of benzene rings is 1. The maximum absolute atomic E-state index is 12.3. The highest BCUT2D eigenvalue weighted by molar-refractivity contribution is 5.92. The Morgan fingerprint density at radius 3 is 2.85 bits per heavy atom. The van der Waals surface area contributed by atoms with E-state index in [-0.39, 0.29) is 17.9 Å². The number of nitrogens with one attached hydrogen (secondary N) is 1. The first-order valence-electron chi connectivity index (χ1n) is 9.23. The maximum atomic E-state index is 12.3. The molecular formula is C20H24N2O5. The topological polar surface area (TPSA) is 88.8 Å². The van der Waals surface area contributed by atoms with Crippen LogP contribution in [0.5, 0.6) is 0 Å². The van der Waals surface area contributed by atoms with E-state index in [9.17, 15) is 14.4 Å². The van der Waals surface area contributed by atoms with Crippen LogP contribution >= 0.6 is 0 Å². The van der Waals surface area contributed by atoms with Crippen molar-refractivity contribution in [3.63, 3.8) is 0 Å². The number of hydrogen-bond acceptors (Lipinski definition) is 6. The van der Waals surface area contributed by atoms with Gasteiger partial charge >= 0.3 is 11.6 Å². The molecule has 0 saturated carbocycles. The number of rotatable bonds is 5. The number of nitrogens with zero attached hydrogens (tertiary/aromatic N) is 1. The largest absolute Gasteiger partial charge is 0.465 e. The van der Waals surface area contributed by atoms with Crippen LogP contribution in [0.2, 0.25) is 0 Å². The van der Waals surface area contributed by atoms with Crippen LogP contribution in [0.15, 0.2) is 33.5 Å². The predicted molar refractivity (Wildman–Crippen MR) is 101 cm³/mol. The molecular weight excluding hydrogens is 348 g/mol. The summed E-state index contributed by atoms with van der Waals surface area (Å²) in [6.45, 7) is 4.81. The van der Waals surface area contributed by atoms with Gasteiger partial charge in [0.05, 0.1) is 6.61 Å². The van der Waals surface area contributed by atoms with E-state index in [1.54, 1.807) is 19.1 Å². The van der Waals surface area contributed by atoms with Gasteiger partial charge in [-0.2, -0.15) is 0 Å². The van der Waals surface area contributed by atoms with Crippen LogP contribution in [0.1, 0.15) is 38.7 Å². The van der Waals surface area contributed by atoms with E-state index in [1.807, 2.05) is 6.07 Å². The second-order valence-electron chi connectivity index (χ2n) is 6.72. The normalized spacial score (nSPS) is 17.6.